The second-order valence-electron chi connectivity index (χ2n) is 8.25. The molecule has 0 aromatic heterocycles. The number of anilines is 2. The summed E-state index contributed by atoms with van der Waals surface area (Å²) >= 11 is 6.20. The van der Waals surface area contributed by atoms with Crippen LogP contribution in [0, 0.1) is 0 Å². The second kappa shape index (κ2) is 11.5. The van der Waals surface area contributed by atoms with Crippen molar-refractivity contribution in [1.82, 2.24) is 4.90 Å². The minimum Gasteiger partial charge on any atom is -0.462 e. The number of imide groups is 1. The first-order valence-electron chi connectivity index (χ1n) is 11.6. The molecule has 1 heterocycles. The van der Waals surface area contributed by atoms with Gasteiger partial charge in [-0.1, -0.05) is 61.0 Å². The fourth-order valence-electron chi connectivity index (χ4n) is 3.65. The summed E-state index contributed by atoms with van der Waals surface area (Å²) in [5.41, 5.74) is 2.18. The molecule has 9 heteroatoms. The lowest BCUT2D eigenvalue weighted by Crippen LogP contribution is -2.31. The number of carbonyl (C=O) groups is 4. The number of ether oxygens (including phenoxy) is 1. The number of rotatable bonds is 9. The molecular weight excluding hydrogens is 494 g/mol. The van der Waals surface area contributed by atoms with Crippen LogP contribution in [0.5, 0.6) is 0 Å². The molecule has 37 heavy (non-hydrogen) atoms. The summed E-state index contributed by atoms with van der Waals surface area (Å²) < 4.78 is 5.14. The van der Waals surface area contributed by atoms with E-state index >= 15 is 0 Å². The fraction of sp³-hybridized carbons (Fsp3) is 0.143. The molecule has 0 radical (unpaired) electrons. The number of esters is 1. The Morgan fingerprint density at radius 2 is 1.54 bits per heavy atom. The van der Waals surface area contributed by atoms with Crippen molar-refractivity contribution in [2.24, 2.45) is 0 Å². The molecule has 0 fully saturated rings. The van der Waals surface area contributed by atoms with Crippen LogP contribution in [0.15, 0.2) is 89.6 Å². The lowest BCUT2D eigenvalue weighted by atomic mass is 10.1. The van der Waals surface area contributed by atoms with Gasteiger partial charge in [0.05, 0.1) is 18.7 Å². The van der Waals surface area contributed by atoms with E-state index in [1.165, 1.54) is 12.1 Å². The summed E-state index contributed by atoms with van der Waals surface area (Å²) in [7, 11) is 0. The zero-order chi connectivity index (χ0) is 26.4. The highest BCUT2D eigenvalue weighted by molar-refractivity contribution is 6.48. The Morgan fingerprint density at radius 1 is 0.865 bits per heavy atom. The summed E-state index contributed by atoms with van der Waals surface area (Å²) in [6, 6.07) is 22.0. The van der Waals surface area contributed by atoms with Crippen LogP contribution in [0.2, 0.25) is 0 Å². The summed E-state index contributed by atoms with van der Waals surface area (Å²) in [6.07, 6.45) is 0.708. The van der Waals surface area contributed by atoms with Crippen LogP contribution in [0.3, 0.4) is 0 Å². The van der Waals surface area contributed by atoms with Gasteiger partial charge in [0.1, 0.15) is 10.7 Å². The fourth-order valence-corrected chi connectivity index (χ4v) is 3.88. The molecule has 2 N–H and O–H groups in total. The number of nitrogens with zero attached hydrogens (tertiary/aromatic N) is 1. The molecule has 1 aliphatic heterocycles. The maximum absolute atomic E-state index is 12.9. The molecule has 3 aromatic rings. The van der Waals surface area contributed by atoms with Crippen molar-refractivity contribution in [3.63, 3.8) is 0 Å². The van der Waals surface area contributed by atoms with Gasteiger partial charge >= 0.3 is 5.97 Å². The van der Waals surface area contributed by atoms with Crippen LogP contribution in [0.25, 0.3) is 0 Å². The standard InChI is InChI=1S/C28H24ClN3O5/c1-2-14-37-28(36)20-11-7-13-22(16-20)31-25(33)19-10-6-12-21(15-19)30-24-23(29)26(34)32(27(24)35)17-18-8-4-3-5-9-18/h3-13,15-16,30H,2,14,17H2,1H3,(H,31,33). The SMILES string of the molecule is CCCOC(=O)c1cccc(NC(=O)c2cccc(NC3=C(Cl)C(=O)N(Cc4ccccc4)C3=O)c2)c1. The molecule has 1 aliphatic rings. The van der Waals surface area contributed by atoms with Gasteiger partial charge in [0.15, 0.2) is 0 Å². The van der Waals surface area contributed by atoms with E-state index in [1.807, 2.05) is 37.3 Å². The molecule has 0 saturated heterocycles. The van der Waals surface area contributed by atoms with Crippen molar-refractivity contribution in [2.45, 2.75) is 19.9 Å². The van der Waals surface area contributed by atoms with Gasteiger partial charge in [-0.25, -0.2) is 4.79 Å². The summed E-state index contributed by atoms with van der Waals surface area (Å²) in [4.78, 5) is 51.6. The van der Waals surface area contributed by atoms with Crippen molar-refractivity contribution in [1.29, 1.82) is 0 Å². The number of hydrogen-bond acceptors (Lipinski definition) is 6. The van der Waals surface area contributed by atoms with E-state index in [9.17, 15) is 19.2 Å². The molecule has 0 aliphatic carbocycles. The predicted molar refractivity (Wildman–Crippen MR) is 140 cm³/mol. The van der Waals surface area contributed by atoms with E-state index in [0.717, 1.165) is 10.5 Å². The first-order chi connectivity index (χ1) is 17.9. The third-order valence-corrected chi connectivity index (χ3v) is 5.83. The molecule has 188 valence electrons. The molecule has 4 rings (SSSR count). The van der Waals surface area contributed by atoms with E-state index in [0.29, 0.717) is 35.5 Å². The maximum Gasteiger partial charge on any atom is 0.338 e. The van der Waals surface area contributed by atoms with Crippen LogP contribution in [0.4, 0.5) is 11.4 Å². The molecule has 0 atom stereocenters. The normalized spacial score (nSPS) is 13.1. The Hall–Kier alpha value is -4.43. The lowest BCUT2D eigenvalue weighted by Gasteiger charge is -2.15. The maximum atomic E-state index is 12.9. The highest BCUT2D eigenvalue weighted by atomic mass is 35.5. The Kier molecular flexibility index (Phi) is 8.00. The van der Waals surface area contributed by atoms with Gasteiger partial charge in [-0.15, -0.1) is 0 Å². The number of carbonyl (C=O) groups excluding carboxylic acids is 4. The average molecular weight is 518 g/mol. The third kappa shape index (κ3) is 6.05. The van der Waals surface area contributed by atoms with Crippen LogP contribution < -0.4 is 10.6 Å². The molecule has 3 amide bonds. The molecule has 0 spiro atoms. The van der Waals surface area contributed by atoms with Crippen LogP contribution >= 0.6 is 11.6 Å². The van der Waals surface area contributed by atoms with E-state index in [4.69, 9.17) is 16.3 Å². The summed E-state index contributed by atoms with van der Waals surface area (Å²) in [6.45, 7) is 2.31. The summed E-state index contributed by atoms with van der Waals surface area (Å²) in [5.74, 6) is -2.04. The van der Waals surface area contributed by atoms with E-state index in [2.05, 4.69) is 10.6 Å². The highest BCUT2D eigenvalue weighted by Crippen LogP contribution is 2.27. The topological polar surface area (TPSA) is 105 Å². The molecule has 3 aromatic carbocycles. The third-order valence-electron chi connectivity index (χ3n) is 5.48. The highest BCUT2D eigenvalue weighted by Gasteiger charge is 2.37. The number of hydrogen-bond donors (Lipinski definition) is 2. The van der Waals surface area contributed by atoms with Crippen molar-refractivity contribution in [3.05, 3.63) is 106 Å². The molecule has 8 nitrogen and oxygen atoms in total. The monoisotopic (exact) mass is 517 g/mol. The molecule has 0 unspecified atom stereocenters. The first kappa shape index (κ1) is 25.7. The Bertz CT molecular complexity index is 1390. The van der Waals surface area contributed by atoms with E-state index in [1.54, 1.807) is 36.4 Å². The van der Waals surface area contributed by atoms with E-state index < -0.39 is 23.7 Å². The van der Waals surface area contributed by atoms with Gasteiger partial charge < -0.3 is 15.4 Å². The van der Waals surface area contributed by atoms with Crippen LogP contribution in [-0.2, 0) is 20.9 Å². The Morgan fingerprint density at radius 3 is 2.27 bits per heavy atom. The largest absolute Gasteiger partial charge is 0.462 e. The van der Waals surface area contributed by atoms with Gasteiger partial charge in [-0.2, -0.15) is 0 Å². The van der Waals surface area contributed by atoms with Gasteiger partial charge in [0, 0.05) is 16.9 Å². The average Bonchev–Trinajstić information content (AvgIpc) is 3.11. The minimum absolute atomic E-state index is 0.0570. The van der Waals surface area contributed by atoms with Crippen molar-refractivity contribution in [2.75, 3.05) is 17.2 Å². The number of benzene rings is 3. The summed E-state index contributed by atoms with van der Waals surface area (Å²) in [5, 5.41) is 5.41. The predicted octanol–water partition coefficient (Wildman–Crippen LogP) is 4.94. The lowest BCUT2D eigenvalue weighted by molar-refractivity contribution is -0.138. The van der Waals surface area contributed by atoms with Crippen molar-refractivity contribution in [3.8, 4) is 0 Å². The van der Waals surface area contributed by atoms with Crippen LogP contribution in [-0.4, -0.2) is 35.2 Å². The smallest absolute Gasteiger partial charge is 0.338 e. The molecule has 0 bridgehead atoms. The zero-order valence-electron chi connectivity index (χ0n) is 20.0. The van der Waals surface area contributed by atoms with Crippen molar-refractivity contribution >= 4 is 46.7 Å². The number of nitrogens with one attached hydrogen (secondary N) is 2. The zero-order valence-corrected chi connectivity index (χ0v) is 20.7. The van der Waals surface area contributed by atoms with E-state index in [-0.39, 0.29) is 17.3 Å². The van der Waals surface area contributed by atoms with Crippen LogP contribution in [0.1, 0.15) is 39.6 Å². The van der Waals surface area contributed by atoms with Gasteiger partial charge in [-0.05, 0) is 48.4 Å². The second-order valence-corrected chi connectivity index (χ2v) is 8.63. The quantitative estimate of drug-likeness (QED) is 0.308. The number of amides is 3. The Balaban J connectivity index is 1.45. The minimum atomic E-state index is -0.593. The van der Waals surface area contributed by atoms with Gasteiger partial charge in [-0.3, -0.25) is 19.3 Å². The Labute approximate surface area is 218 Å². The molecular formula is C28H24ClN3O5. The van der Waals surface area contributed by atoms with Crippen molar-refractivity contribution < 1.29 is 23.9 Å². The molecule has 0 saturated carbocycles. The number of halogens is 1. The van der Waals surface area contributed by atoms with Gasteiger partial charge in [0.2, 0.25) is 0 Å². The first-order valence-corrected chi connectivity index (χ1v) is 12.0. The van der Waals surface area contributed by atoms with Gasteiger partial charge in [0.25, 0.3) is 17.7 Å².